The quantitative estimate of drug-likeness (QED) is 0.0248. The fraction of sp³-hybridized carbons (Fsp3) is 0.455. The number of nitrogens with one attached hydrogen (secondary N) is 3. The third-order valence-corrected chi connectivity index (χ3v) is 14.3. The van der Waals surface area contributed by atoms with Gasteiger partial charge in [0.2, 0.25) is 0 Å². The molecule has 7 aromatic carbocycles. The Morgan fingerprint density at radius 1 is 0.284 bits per heavy atom. The summed E-state index contributed by atoms with van der Waals surface area (Å²) in [6.07, 6.45) is 9.95. The van der Waals surface area contributed by atoms with Crippen LogP contribution in [0.3, 0.4) is 0 Å². The topological polar surface area (TPSA) is 194 Å². The summed E-state index contributed by atoms with van der Waals surface area (Å²) in [5.74, 6) is 2.31. The molecule has 7 aromatic rings. The van der Waals surface area contributed by atoms with Gasteiger partial charge in [0.05, 0.1) is 39.6 Å². The molecule has 0 fully saturated rings. The Morgan fingerprint density at radius 2 is 0.531 bits per heavy atom. The van der Waals surface area contributed by atoms with Crippen molar-refractivity contribution in [2.24, 2.45) is 0 Å². The molecule has 7 rings (SSSR count). The zero-order chi connectivity index (χ0) is 58.2. The number of hydrogen-bond donors (Lipinski definition) is 3. The Bertz CT molecular complexity index is 3120. The lowest BCUT2D eigenvalue weighted by Crippen LogP contribution is -2.35. The average Bonchev–Trinajstić information content (AvgIpc) is 3.51. The van der Waals surface area contributed by atoms with Crippen LogP contribution in [0.2, 0.25) is 0 Å². The first kappa shape index (κ1) is 61.0. The van der Waals surface area contributed by atoms with Crippen LogP contribution in [0, 0.1) is 0 Å². The fourth-order valence-electron chi connectivity index (χ4n) is 10.2. The molecule has 0 atom stereocenters. The van der Waals surface area contributed by atoms with Gasteiger partial charge in [0.15, 0.2) is 17.2 Å². The van der Waals surface area contributed by atoms with Gasteiger partial charge in [0.1, 0.15) is 34.3 Å². The summed E-state index contributed by atoms with van der Waals surface area (Å²) >= 11 is 0. The lowest BCUT2D eigenvalue weighted by atomic mass is 9.88. The third-order valence-electron chi connectivity index (χ3n) is 14.3. The van der Waals surface area contributed by atoms with Crippen LogP contribution in [0.5, 0.6) is 34.5 Å². The largest absolute Gasteiger partial charge is 0.493 e. The Balaban J connectivity index is 1.49. The van der Waals surface area contributed by atoms with Crippen LogP contribution in [-0.2, 0) is 38.9 Å². The minimum Gasteiger partial charge on any atom is -0.493 e. The second-order valence-corrected chi connectivity index (χ2v) is 20.5. The Labute approximate surface area is 475 Å². The van der Waals surface area contributed by atoms with Crippen molar-refractivity contribution in [3.05, 3.63) is 149 Å². The number of rotatable bonds is 36. The number of anilines is 3. The van der Waals surface area contributed by atoms with E-state index in [1.807, 2.05) is 0 Å². The molecule has 0 saturated carbocycles. The second kappa shape index (κ2) is 29.2. The SMILES string of the molecule is CCCCOc1c(CCC)cc(-c2cc(-c3cc(CCC)c(OCCCC)c(CNc4c(OCC)c(=O)c4=O)c3)cc(-c3cc(CCC)c(OCCCC)c(CNc4c(OCC)c(=O)c4=O)c3)c2)cc1CNc1c(OCC)c(=O)c1=O. The molecule has 81 heavy (non-hydrogen) atoms. The predicted octanol–water partition coefficient (Wildman–Crippen LogP) is 11.9. The molecule has 432 valence electrons. The van der Waals surface area contributed by atoms with Crippen molar-refractivity contribution in [1.82, 2.24) is 0 Å². The number of unbranched alkanes of at least 4 members (excludes halogenated alkanes) is 3. The van der Waals surface area contributed by atoms with E-state index in [9.17, 15) is 28.8 Å². The lowest BCUT2D eigenvalue weighted by Gasteiger charge is -2.22. The Kier molecular flexibility index (Phi) is 21.9. The monoisotopic (exact) mass is 1110 g/mol. The summed E-state index contributed by atoms with van der Waals surface area (Å²) in [6.45, 7) is 20.8. The number of benzene rings is 4. The van der Waals surface area contributed by atoms with Gasteiger partial charge in [-0.2, -0.15) is 0 Å². The summed E-state index contributed by atoms with van der Waals surface area (Å²) in [5.41, 5.74) is 7.42. The van der Waals surface area contributed by atoms with Gasteiger partial charge >= 0.3 is 0 Å². The molecule has 15 heteroatoms. The summed E-state index contributed by atoms with van der Waals surface area (Å²) in [7, 11) is 0. The molecule has 3 N–H and O–H groups in total. The van der Waals surface area contributed by atoms with Crippen LogP contribution in [0.4, 0.5) is 17.1 Å². The van der Waals surface area contributed by atoms with E-state index < -0.39 is 32.6 Å². The molecule has 0 bridgehead atoms. The smallest absolute Gasteiger partial charge is 0.272 e. The van der Waals surface area contributed by atoms with E-state index in [1.54, 1.807) is 20.8 Å². The van der Waals surface area contributed by atoms with E-state index in [0.717, 1.165) is 142 Å². The fourth-order valence-corrected chi connectivity index (χ4v) is 10.2. The first-order valence-electron chi connectivity index (χ1n) is 29.4. The molecule has 0 unspecified atom stereocenters. The summed E-state index contributed by atoms with van der Waals surface area (Å²) in [4.78, 5) is 76.7. The van der Waals surface area contributed by atoms with Crippen LogP contribution >= 0.6 is 0 Å². The molecule has 0 aliphatic carbocycles. The van der Waals surface area contributed by atoms with Crippen molar-refractivity contribution in [3.8, 4) is 67.9 Å². The average molecular weight is 1110 g/mol. The van der Waals surface area contributed by atoms with Crippen molar-refractivity contribution >= 4 is 17.1 Å². The van der Waals surface area contributed by atoms with Crippen molar-refractivity contribution in [1.29, 1.82) is 0 Å². The molecular formula is C66H81N3O12. The Hall–Kier alpha value is -7.68. The van der Waals surface area contributed by atoms with Gasteiger partial charge in [-0.25, -0.2) is 0 Å². The zero-order valence-electron chi connectivity index (χ0n) is 48.9. The van der Waals surface area contributed by atoms with Crippen molar-refractivity contribution in [3.63, 3.8) is 0 Å². The highest BCUT2D eigenvalue weighted by molar-refractivity contribution is 5.84. The van der Waals surface area contributed by atoms with E-state index in [-0.39, 0.29) is 73.8 Å². The molecule has 15 nitrogen and oxygen atoms in total. The van der Waals surface area contributed by atoms with Gasteiger partial charge in [-0.05, 0) is 164 Å². The lowest BCUT2D eigenvalue weighted by molar-refractivity contribution is 0.303. The highest BCUT2D eigenvalue weighted by atomic mass is 16.5. The molecule has 0 aliphatic heterocycles. The number of aryl methyl sites for hydroxylation is 3. The van der Waals surface area contributed by atoms with Crippen LogP contribution in [0.1, 0.15) is 153 Å². The van der Waals surface area contributed by atoms with Crippen molar-refractivity contribution < 1.29 is 28.4 Å². The normalized spacial score (nSPS) is 11.4. The van der Waals surface area contributed by atoms with Crippen molar-refractivity contribution in [2.45, 2.75) is 159 Å². The summed E-state index contributed by atoms with van der Waals surface area (Å²) in [5, 5.41) is 9.76. The van der Waals surface area contributed by atoms with Gasteiger partial charge in [0.25, 0.3) is 32.6 Å². The first-order valence-corrected chi connectivity index (χ1v) is 29.4. The molecule has 0 saturated heterocycles. The molecular weight excluding hydrogens is 1030 g/mol. The Morgan fingerprint density at radius 3 is 0.765 bits per heavy atom. The van der Waals surface area contributed by atoms with E-state index in [0.29, 0.717) is 39.1 Å². The third kappa shape index (κ3) is 13.9. The van der Waals surface area contributed by atoms with Gasteiger partial charge in [-0.3, -0.25) is 28.8 Å². The van der Waals surface area contributed by atoms with E-state index in [4.69, 9.17) is 28.4 Å². The van der Waals surface area contributed by atoms with Gasteiger partial charge in [-0.1, -0.05) is 80.1 Å². The first-order chi connectivity index (χ1) is 39.3. The minimum atomic E-state index is -0.648. The molecule has 0 heterocycles. The van der Waals surface area contributed by atoms with Crippen molar-refractivity contribution in [2.75, 3.05) is 55.6 Å². The molecule has 0 aromatic heterocycles. The standard InChI is InChI=1S/C66H81N3O12/c1-10-19-25-79-61-40(22-13-4)28-43(34-49(61)37-67-52-55(70)58(73)64(52)76-16-7)46-31-47(44-29-41(23-14-5)62(80-26-20-11-2)50(35-44)38-68-53-56(71)59(74)65(53)77-17-8)33-48(32-46)45-30-42(24-15-6)63(81-27-21-12-3)51(36-45)39-69-54-57(72)60(75)66(54)78-18-9/h28-36,67-69H,10-27,37-39H2,1-9H3. The van der Waals surface area contributed by atoms with E-state index in [2.05, 4.69) is 112 Å². The summed E-state index contributed by atoms with van der Waals surface area (Å²) < 4.78 is 36.7. The highest BCUT2D eigenvalue weighted by Gasteiger charge is 2.27. The van der Waals surface area contributed by atoms with Gasteiger partial charge in [0, 0.05) is 36.3 Å². The van der Waals surface area contributed by atoms with Crippen LogP contribution in [0.15, 0.2) is 83.4 Å². The van der Waals surface area contributed by atoms with Crippen LogP contribution < -0.4 is 76.9 Å². The molecule has 0 radical (unpaired) electrons. The molecule has 0 amide bonds. The molecule has 0 aliphatic rings. The highest BCUT2D eigenvalue weighted by Crippen LogP contribution is 2.42. The predicted molar refractivity (Wildman–Crippen MR) is 325 cm³/mol. The van der Waals surface area contributed by atoms with E-state index >= 15 is 0 Å². The van der Waals surface area contributed by atoms with Gasteiger partial charge in [-0.15, -0.1) is 0 Å². The maximum absolute atomic E-state index is 13.0. The van der Waals surface area contributed by atoms with Gasteiger partial charge < -0.3 is 44.4 Å². The maximum Gasteiger partial charge on any atom is 0.272 e. The van der Waals surface area contributed by atoms with Crippen LogP contribution in [0.25, 0.3) is 33.4 Å². The van der Waals surface area contributed by atoms with E-state index in [1.165, 1.54) is 0 Å². The van der Waals surface area contributed by atoms with Crippen LogP contribution in [-0.4, -0.2) is 39.6 Å². The molecule has 0 spiro atoms. The summed E-state index contributed by atoms with van der Waals surface area (Å²) in [6, 6.07) is 19.4. The maximum atomic E-state index is 13.0. The number of ether oxygens (including phenoxy) is 6. The zero-order valence-corrected chi connectivity index (χ0v) is 48.9. The second-order valence-electron chi connectivity index (χ2n) is 20.5. The number of hydrogen-bond acceptors (Lipinski definition) is 15. The minimum absolute atomic E-state index is 0.0364.